The van der Waals surface area contributed by atoms with Gasteiger partial charge in [0, 0.05) is 0 Å². The van der Waals surface area contributed by atoms with E-state index in [0.717, 1.165) is 22.6 Å². The summed E-state index contributed by atoms with van der Waals surface area (Å²) in [6.07, 6.45) is 5.79. The molecule has 0 radical (unpaired) electrons. The lowest BCUT2D eigenvalue weighted by atomic mass is 10.2. The van der Waals surface area contributed by atoms with Gasteiger partial charge in [-0.05, 0) is 58.9 Å². The van der Waals surface area contributed by atoms with Crippen molar-refractivity contribution in [1.29, 1.82) is 0 Å². The number of hydrogen-bond acceptors (Lipinski definition) is 0. The van der Waals surface area contributed by atoms with Crippen LogP contribution in [0.5, 0.6) is 0 Å². The molecule has 0 aliphatic carbocycles. The van der Waals surface area contributed by atoms with Crippen molar-refractivity contribution >= 4 is 26.5 Å². The van der Waals surface area contributed by atoms with E-state index in [2.05, 4.69) is 52.0 Å². The van der Waals surface area contributed by atoms with E-state index in [4.69, 9.17) is 0 Å². The molecule has 2 aliphatic heterocycles. The molecule has 0 N–H and O–H groups in total. The van der Waals surface area contributed by atoms with Crippen molar-refractivity contribution in [2.45, 2.75) is 76.0 Å². The molecule has 2 heterocycles. The van der Waals surface area contributed by atoms with E-state index in [0.29, 0.717) is 0 Å². The molecule has 3 unspecified atom stereocenters. The smallest absolute Gasteiger partial charge is 0.0158 e. The summed E-state index contributed by atoms with van der Waals surface area (Å²) >= 11 is 0. The molecule has 1 aromatic carbocycles. The van der Waals surface area contributed by atoms with Crippen molar-refractivity contribution in [2.24, 2.45) is 0 Å². The van der Waals surface area contributed by atoms with Gasteiger partial charge in [0.05, 0.1) is 0 Å². The van der Waals surface area contributed by atoms with E-state index in [1.54, 1.807) is 10.6 Å². The Kier molecular flexibility index (Phi) is 4.54. The Morgan fingerprint density at radius 3 is 1.25 bits per heavy atom. The Morgan fingerprint density at radius 1 is 0.650 bits per heavy atom. The summed E-state index contributed by atoms with van der Waals surface area (Å²) in [6, 6.07) is 9.55. The summed E-state index contributed by atoms with van der Waals surface area (Å²) in [6.45, 7) is 10.0. The third kappa shape index (κ3) is 2.60. The molecule has 6 atom stereocenters. The van der Waals surface area contributed by atoms with Crippen molar-refractivity contribution in [1.82, 2.24) is 0 Å². The zero-order chi connectivity index (χ0) is 14.3. The molecule has 0 spiro atoms. The molecule has 1 aromatic rings. The lowest BCUT2D eigenvalue weighted by Crippen LogP contribution is -2.28. The molecular formula is C18H28P2. The van der Waals surface area contributed by atoms with Gasteiger partial charge in [0.25, 0.3) is 0 Å². The topological polar surface area (TPSA) is 0 Å². The Bertz CT molecular complexity index is 407. The molecule has 3 rings (SSSR count). The molecule has 2 fully saturated rings. The minimum absolute atomic E-state index is 0.0785. The van der Waals surface area contributed by atoms with E-state index in [9.17, 15) is 0 Å². The summed E-state index contributed by atoms with van der Waals surface area (Å²) < 4.78 is 0. The molecule has 110 valence electrons. The van der Waals surface area contributed by atoms with E-state index in [1.165, 1.54) is 25.7 Å². The summed E-state index contributed by atoms with van der Waals surface area (Å²) in [5, 5.41) is 3.57. The Balaban J connectivity index is 2.00. The molecule has 2 saturated heterocycles. The fourth-order valence-electron chi connectivity index (χ4n) is 4.24. The highest BCUT2D eigenvalue weighted by Crippen LogP contribution is 2.58. The van der Waals surface area contributed by atoms with Crippen molar-refractivity contribution in [3.63, 3.8) is 0 Å². The van der Waals surface area contributed by atoms with Gasteiger partial charge >= 0.3 is 0 Å². The molecule has 2 heteroatoms. The SMILES string of the molecule is CC1CC[C@@H](C)P1c1ccccc1P1[C@H](C)CC[C@@H]1C. The third-order valence-corrected chi connectivity index (χ3v) is 12.2. The van der Waals surface area contributed by atoms with Gasteiger partial charge in [-0.1, -0.05) is 67.8 Å². The Labute approximate surface area is 127 Å². The van der Waals surface area contributed by atoms with Crippen LogP contribution in [-0.2, 0) is 0 Å². The van der Waals surface area contributed by atoms with E-state index < -0.39 is 0 Å². The lowest BCUT2D eigenvalue weighted by Gasteiger charge is -2.30. The molecular weight excluding hydrogens is 278 g/mol. The Morgan fingerprint density at radius 2 is 0.950 bits per heavy atom. The molecule has 20 heavy (non-hydrogen) atoms. The van der Waals surface area contributed by atoms with E-state index in [-0.39, 0.29) is 15.8 Å². The minimum Gasteiger partial charge on any atom is -0.0688 e. The molecule has 0 aromatic heterocycles. The summed E-state index contributed by atoms with van der Waals surface area (Å²) in [7, 11) is 0.157. The highest BCUT2D eigenvalue weighted by Gasteiger charge is 2.37. The van der Waals surface area contributed by atoms with Crippen LogP contribution >= 0.6 is 15.8 Å². The predicted octanol–water partition coefficient (Wildman–Crippen LogP) is 5.04. The number of benzene rings is 1. The number of hydrogen-bond donors (Lipinski definition) is 0. The van der Waals surface area contributed by atoms with Gasteiger partial charge in [-0.15, -0.1) is 0 Å². The fraction of sp³-hybridized carbons (Fsp3) is 0.667. The largest absolute Gasteiger partial charge is 0.0688 e. The van der Waals surface area contributed by atoms with Crippen LogP contribution in [0.4, 0.5) is 0 Å². The van der Waals surface area contributed by atoms with Crippen LogP contribution in [0, 0.1) is 0 Å². The van der Waals surface area contributed by atoms with Crippen LogP contribution in [0.15, 0.2) is 24.3 Å². The van der Waals surface area contributed by atoms with Crippen molar-refractivity contribution < 1.29 is 0 Å². The van der Waals surface area contributed by atoms with Crippen LogP contribution in [0.1, 0.15) is 53.4 Å². The van der Waals surface area contributed by atoms with Crippen molar-refractivity contribution in [3.8, 4) is 0 Å². The summed E-state index contributed by atoms with van der Waals surface area (Å²) in [4.78, 5) is 0. The Hall–Kier alpha value is 0.0800. The van der Waals surface area contributed by atoms with Gasteiger partial charge in [-0.2, -0.15) is 0 Å². The maximum absolute atomic E-state index is 2.50. The van der Waals surface area contributed by atoms with Gasteiger partial charge in [0.1, 0.15) is 0 Å². The summed E-state index contributed by atoms with van der Waals surface area (Å²) in [5.74, 6) is 0. The zero-order valence-corrected chi connectivity index (χ0v) is 15.1. The van der Waals surface area contributed by atoms with Gasteiger partial charge in [-0.3, -0.25) is 0 Å². The highest BCUT2D eigenvalue weighted by atomic mass is 31.1. The molecule has 0 bridgehead atoms. The van der Waals surface area contributed by atoms with Crippen LogP contribution in [0.2, 0.25) is 0 Å². The van der Waals surface area contributed by atoms with Crippen LogP contribution in [0.25, 0.3) is 0 Å². The van der Waals surface area contributed by atoms with Crippen LogP contribution in [-0.4, -0.2) is 22.6 Å². The second kappa shape index (κ2) is 6.06. The first-order chi connectivity index (χ1) is 9.59. The maximum atomic E-state index is 2.50. The van der Waals surface area contributed by atoms with Crippen molar-refractivity contribution in [2.75, 3.05) is 0 Å². The first-order valence-electron chi connectivity index (χ1n) is 8.25. The van der Waals surface area contributed by atoms with Crippen molar-refractivity contribution in [3.05, 3.63) is 24.3 Å². The summed E-state index contributed by atoms with van der Waals surface area (Å²) in [5.41, 5.74) is 3.74. The number of rotatable bonds is 2. The van der Waals surface area contributed by atoms with E-state index >= 15 is 0 Å². The molecule has 0 saturated carbocycles. The predicted molar refractivity (Wildman–Crippen MR) is 95.9 cm³/mol. The lowest BCUT2D eigenvalue weighted by molar-refractivity contribution is 0.777. The van der Waals surface area contributed by atoms with Gasteiger partial charge < -0.3 is 0 Å². The molecule has 0 amide bonds. The van der Waals surface area contributed by atoms with Gasteiger partial charge in [0.2, 0.25) is 0 Å². The molecule has 0 nitrogen and oxygen atoms in total. The first-order valence-corrected chi connectivity index (χ1v) is 11.2. The first kappa shape index (κ1) is 15.0. The monoisotopic (exact) mass is 306 g/mol. The third-order valence-electron chi connectivity index (χ3n) is 5.34. The van der Waals surface area contributed by atoms with E-state index in [1.807, 2.05) is 0 Å². The average molecular weight is 306 g/mol. The zero-order valence-electron chi connectivity index (χ0n) is 13.3. The standard InChI is InChI=1S/C18H28P2/c1-13-9-10-14(2)19(13)17-7-5-6-8-18(17)20-15(3)11-12-16(20)4/h5-8,13-16H,9-12H2,1-4H3/t13-,14+,15-,16?,19?,20?/m1/s1. The maximum Gasteiger partial charge on any atom is -0.0158 e. The quantitative estimate of drug-likeness (QED) is 0.671. The second-order valence-corrected chi connectivity index (χ2v) is 13.0. The van der Waals surface area contributed by atoms with Crippen LogP contribution in [0.3, 0.4) is 0 Å². The normalized spacial score (nSPS) is 41.2. The van der Waals surface area contributed by atoms with Crippen LogP contribution < -0.4 is 10.6 Å². The van der Waals surface area contributed by atoms with Gasteiger partial charge in [0.15, 0.2) is 0 Å². The van der Waals surface area contributed by atoms with Gasteiger partial charge in [-0.25, -0.2) is 0 Å². The average Bonchev–Trinajstić information content (AvgIpc) is 2.93. The fourth-order valence-corrected chi connectivity index (χ4v) is 11.5. The molecule has 2 aliphatic rings. The second-order valence-electron chi connectivity index (χ2n) is 6.85. The highest BCUT2D eigenvalue weighted by molar-refractivity contribution is 7.73. The minimum atomic E-state index is 0.0785.